The third-order valence-electron chi connectivity index (χ3n) is 3.35. The molecule has 0 unspecified atom stereocenters. The molecule has 1 rings (SSSR count). The molecule has 0 radical (unpaired) electrons. The highest BCUT2D eigenvalue weighted by molar-refractivity contribution is 7.15. The molecule has 1 N–H and O–H groups in total. The molecule has 1 aromatic heterocycles. The van der Waals surface area contributed by atoms with Gasteiger partial charge in [-0.05, 0) is 32.8 Å². The van der Waals surface area contributed by atoms with Crippen LogP contribution in [0.15, 0.2) is 6.07 Å². The van der Waals surface area contributed by atoms with Crippen LogP contribution < -0.4 is 5.32 Å². The Morgan fingerprint density at radius 3 is 2.32 bits per heavy atom. The molecule has 0 aromatic carbocycles. The van der Waals surface area contributed by atoms with Crippen LogP contribution >= 0.6 is 11.3 Å². The Morgan fingerprint density at radius 1 is 1.28 bits per heavy atom. The number of rotatable bonds is 5. The molecule has 0 aliphatic heterocycles. The first-order chi connectivity index (χ1) is 11.5. The molecule has 6 heteroatoms. The maximum atomic E-state index is 12.4. The standard InChI is InChI=1S/C19H28N2O3S/c1-12(2)15(17(22)21(6)7)20-14-11-13(9-10-19(3,4)5)25-16(14)18(23)24-8/h11-12,15,20H,1-8H3/t15-/m1/s1. The normalized spacial score (nSPS) is 12.2. The Kier molecular flexibility index (Phi) is 7.06. The Hall–Kier alpha value is -2.00. The molecule has 0 aliphatic carbocycles. The van der Waals surface area contributed by atoms with E-state index in [1.807, 2.05) is 40.7 Å². The number of methoxy groups -OCH3 is 1. The second kappa shape index (κ2) is 8.39. The first-order valence-electron chi connectivity index (χ1n) is 8.19. The monoisotopic (exact) mass is 364 g/mol. The number of hydrogen-bond donors (Lipinski definition) is 1. The summed E-state index contributed by atoms with van der Waals surface area (Å²) in [5, 5.41) is 3.21. The Morgan fingerprint density at radius 2 is 1.88 bits per heavy atom. The minimum absolute atomic E-state index is 0.0423. The quantitative estimate of drug-likeness (QED) is 0.642. The van der Waals surface area contributed by atoms with E-state index in [-0.39, 0.29) is 17.2 Å². The number of carbonyl (C=O) groups excluding carboxylic acids is 2. The number of nitrogens with zero attached hydrogens (tertiary/aromatic N) is 1. The molecule has 0 fully saturated rings. The van der Waals surface area contributed by atoms with Crippen molar-refractivity contribution in [2.75, 3.05) is 26.5 Å². The van der Waals surface area contributed by atoms with Gasteiger partial charge in [-0.1, -0.05) is 25.7 Å². The van der Waals surface area contributed by atoms with Gasteiger partial charge in [-0.15, -0.1) is 11.3 Å². The van der Waals surface area contributed by atoms with Crippen LogP contribution in [0.3, 0.4) is 0 Å². The molecule has 1 aromatic rings. The summed E-state index contributed by atoms with van der Waals surface area (Å²) in [7, 11) is 4.78. The molecule has 0 saturated heterocycles. The maximum absolute atomic E-state index is 12.4. The summed E-state index contributed by atoms with van der Waals surface area (Å²) in [6.45, 7) is 10.0. The minimum atomic E-state index is -0.434. The Bertz CT molecular complexity index is 688. The van der Waals surface area contributed by atoms with E-state index in [1.165, 1.54) is 18.4 Å². The van der Waals surface area contributed by atoms with Gasteiger partial charge in [0.05, 0.1) is 17.7 Å². The molecule has 138 valence electrons. The number of esters is 1. The van der Waals surface area contributed by atoms with Crippen molar-refractivity contribution >= 4 is 28.9 Å². The van der Waals surface area contributed by atoms with E-state index in [0.717, 1.165) is 4.88 Å². The predicted octanol–water partition coefficient (Wildman–Crippen LogP) is 3.46. The van der Waals surface area contributed by atoms with Crippen LogP contribution in [0.4, 0.5) is 5.69 Å². The number of nitrogens with one attached hydrogen (secondary N) is 1. The lowest BCUT2D eigenvalue weighted by atomic mass is 9.98. The van der Waals surface area contributed by atoms with Gasteiger partial charge in [0.15, 0.2) is 0 Å². The summed E-state index contributed by atoms with van der Waals surface area (Å²) in [4.78, 5) is 27.3. The summed E-state index contributed by atoms with van der Waals surface area (Å²) in [6.07, 6.45) is 0. The van der Waals surface area contributed by atoms with Crippen LogP contribution in [0.25, 0.3) is 0 Å². The van der Waals surface area contributed by atoms with Gasteiger partial charge in [0.1, 0.15) is 10.9 Å². The summed E-state index contributed by atoms with van der Waals surface area (Å²) in [5.74, 6) is 5.85. The Labute approximate surface area is 154 Å². The number of anilines is 1. The summed E-state index contributed by atoms with van der Waals surface area (Å²) >= 11 is 1.27. The number of thiophene rings is 1. The van der Waals surface area contributed by atoms with Crippen molar-refractivity contribution in [3.05, 3.63) is 15.8 Å². The number of amides is 1. The summed E-state index contributed by atoms with van der Waals surface area (Å²) in [6, 6.07) is 1.38. The minimum Gasteiger partial charge on any atom is -0.465 e. The van der Waals surface area contributed by atoms with Gasteiger partial charge >= 0.3 is 5.97 Å². The van der Waals surface area contributed by atoms with Crippen LogP contribution in [0.5, 0.6) is 0 Å². The lowest BCUT2D eigenvalue weighted by Gasteiger charge is -2.25. The fraction of sp³-hybridized carbons (Fsp3) is 0.579. The van der Waals surface area contributed by atoms with Crippen molar-refractivity contribution < 1.29 is 14.3 Å². The third-order valence-corrected chi connectivity index (χ3v) is 4.38. The highest BCUT2D eigenvalue weighted by Gasteiger charge is 2.26. The number of likely N-dealkylation sites (N-methyl/N-ethyl adjacent to an activating group) is 1. The third kappa shape index (κ3) is 6.09. The topological polar surface area (TPSA) is 58.6 Å². The summed E-state index contributed by atoms with van der Waals surface area (Å²) in [5.41, 5.74) is 0.452. The number of hydrogen-bond acceptors (Lipinski definition) is 5. The molecule has 0 saturated carbocycles. The van der Waals surface area contributed by atoms with E-state index < -0.39 is 12.0 Å². The highest BCUT2D eigenvalue weighted by Crippen LogP contribution is 2.29. The largest absolute Gasteiger partial charge is 0.465 e. The molecule has 0 bridgehead atoms. The average Bonchev–Trinajstić information content (AvgIpc) is 2.91. The van der Waals surface area contributed by atoms with Gasteiger partial charge in [0.25, 0.3) is 0 Å². The SMILES string of the molecule is COC(=O)c1sc(C#CC(C)(C)C)cc1N[C@@H](C(=O)N(C)C)C(C)C. The van der Waals surface area contributed by atoms with Crippen LogP contribution in [-0.4, -0.2) is 44.0 Å². The zero-order valence-electron chi connectivity index (χ0n) is 16.3. The van der Waals surface area contributed by atoms with Crippen molar-refractivity contribution in [1.29, 1.82) is 0 Å². The molecule has 25 heavy (non-hydrogen) atoms. The van der Waals surface area contributed by atoms with E-state index in [2.05, 4.69) is 17.2 Å². The van der Waals surface area contributed by atoms with Gasteiger partial charge < -0.3 is 15.0 Å². The maximum Gasteiger partial charge on any atom is 0.350 e. The van der Waals surface area contributed by atoms with Crippen molar-refractivity contribution in [2.45, 2.75) is 40.7 Å². The number of carbonyl (C=O) groups is 2. The van der Waals surface area contributed by atoms with E-state index in [4.69, 9.17) is 4.74 Å². The predicted molar refractivity (Wildman–Crippen MR) is 103 cm³/mol. The first-order valence-corrected chi connectivity index (χ1v) is 9.01. The molecule has 1 atom stereocenters. The van der Waals surface area contributed by atoms with E-state index >= 15 is 0 Å². The van der Waals surface area contributed by atoms with Gasteiger partial charge in [0, 0.05) is 19.5 Å². The van der Waals surface area contributed by atoms with Crippen molar-refractivity contribution in [3.8, 4) is 11.8 Å². The zero-order valence-corrected chi connectivity index (χ0v) is 17.1. The van der Waals surface area contributed by atoms with Gasteiger partial charge in [-0.3, -0.25) is 4.79 Å². The van der Waals surface area contributed by atoms with Crippen LogP contribution in [0.1, 0.15) is 49.2 Å². The van der Waals surface area contributed by atoms with E-state index in [1.54, 1.807) is 19.0 Å². The van der Waals surface area contributed by atoms with Gasteiger partial charge in [-0.2, -0.15) is 0 Å². The second-order valence-electron chi connectivity index (χ2n) is 7.44. The van der Waals surface area contributed by atoms with Gasteiger partial charge in [0.2, 0.25) is 5.91 Å². The van der Waals surface area contributed by atoms with Crippen LogP contribution in [0, 0.1) is 23.2 Å². The molecule has 1 heterocycles. The van der Waals surface area contributed by atoms with Crippen molar-refractivity contribution in [3.63, 3.8) is 0 Å². The van der Waals surface area contributed by atoms with Gasteiger partial charge in [-0.25, -0.2) is 4.79 Å². The number of ether oxygens (including phenoxy) is 1. The van der Waals surface area contributed by atoms with E-state index in [0.29, 0.717) is 10.6 Å². The fourth-order valence-corrected chi connectivity index (χ4v) is 2.91. The molecule has 0 spiro atoms. The Balaban J connectivity index is 3.26. The lowest BCUT2D eigenvalue weighted by molar-refractivity contribution is -0.130. The zero-order chi connectivity index (χ0) is 19.4. The van der Waals surface area contributed by atoms with Crippen molar-refractivity contribution in [1.82, 2.24) is 4.90 Å². The summed E-state index contributed by atoms with van der Waals surface area (Å²) < 4.78 is 4.87. The highest BCUT2D eigenvalue weighted by atomic mass is 32.1. The lowest BCUT2D eigenvalue weighted by Crippen LogP contribution is -2.42. The van der Waals surface area contributed by atoms with Crippen LogP contribution in [0.2, 0.25) is 0 Å². The molecular formula is C19H28N2O3S. The smallest absolute Gasteiger partial charge is 0.350 e. The molecule has 1 amide bonds. The molecular weight excluding hydrogens is 336 g/mol. The van der Waals surface area contributed by atoms with E-state index in [9.17, 15) is 9.59 Å². The average molecular weight is 365 g/mol. The molecule has 0 aliphatic rings. The first kappa shape index (κ1) is 21.0. The van der Waals surface area contributed by atoms with Crippen LogP contribution in [-0.2, 0) is 9.53 Å². The second-order valence-corrected chi connectivity index (χ2v) is 8.50. The van der Waals surface area contributed by atoms with Crippen molar-refractivity contribution in [2.24, 2.45) is 11.3 Å². The molecule has 5 nitrogen and oxygen atoms in total. The fourth-order valence-electron chi connectivity index (χ4n) is 2.01.